The number of anilines is 3. The number of fused-ring (bicyclic) bond motifs is 9. The van der Waals surface area contributed by atoms with Gasteiger partial charge in [-0.15, -0.1) is 0 Å². The molecule has 0 unspecified atom stereocenters. The van der Waals surface area contributed by atoms with Gasteiger partial charge >= 0.3 is 0 Å². The van der Waals surface area contributed by atoms with Gasteiger partial charge in [0.1, 0.15) is 22.3 Å². The number of rotatable bonds is 5. The Morgan fingerprint density at radius 2 is 0.942 bits per heavy atom. The van der Waals surface area contributed by atoms with E-state index in [4.69, 9.17) is 8.83 Å². The highest BCUT2D eigenvalue weighted by Gasteiger charge is 2.21. The van der Waals surface area contributed by atoms with Crippen molar-refractivity contribution in [3.05, 3.63) is 182 Å². The van der Waals surface area contributed by atoms with Crippen molar-refractivity contribution < 1.29 is 8.83 Å². The first-order chi connectivity index (χ1) is 25.8. The maximum atomic E-state index is 6.37. The molecule has 0 aliphatic rings. The topological polar surface area (TPSA) is 34.5 Å². The van der Waals surface area contributed by atoms with Crippen LogP contribution >= 0.6 is 0 Å². The van der Waals surface area contributed by atoms with Gasteiger partial charge < -0.3 is 18.3 Å². The Labute approximate surface area is 299 Å². The van der Waals surface area contributed by atoms with Gasteiger partial charge in [0.15, 0.2) is 0 Å². The molecule has 0 atom stereocenters. The van der Waals surface area contributed by atoms with E-state index < -0.39 is 0 Å². The predicted molar refractivity (Wildman–Crippen MR) is 215 cm³/mol. The number of hydrogen-bond donors (Lipinski definition) is 0. The Morgan fingerprint density at radius 3 is 1.71 bits per heavy atom. The molecule has 11 rings (SSSR count). The standard InChI is InChI=1S/C48H30N2O2/c1-6-17-40(50-41-18-7-2-13-35(41)36-14-3-8-19-42(36)50)34(12-1)31-24-26-32(27-25-31)49(33-28-29-46-39(30-33)37-15-4-9-21-44(37)51-46)43-20-11-23-47-48(43)38-16-5-10-22-45(38)52-47/h1-30H. The van der Waals surface area contributed by atoms with Gasteiger partial charge in [-0.1, -0.05) is 109 Å². The summed E-state index contributed by atoms with van der Waals surface area (Å²) in [5.41, 5.74) is 12.5. The van der Waals surface area contributed by atoms with Crippen molar-refractivity contribution in [2.24, 2.45) is 0 Å². The first-order valence-corrected chi connectivity index (χ1v) is 17.6. The fraction of sp³-hybridized carbons (Fsp3) is 0. The smallest absolute Gasteiger partial charge is 0.137 e. The van der Waals surface area contributed by atoms with Crippen LogP contribution in [0.3, 0.4) is 0 Å². The molecule has 3 heterocycles. The molecule has 0 N–H and O–H groups in total. The van der Waals surface area contributed by atoms with Crippen molar-refractivity contribution >= 4 is 82.7 Å². The average molecular weight is 667 g/mol. The molecule has 11 aromatic rings. The summed E-state index contributed by atoms with van der Waals surface area (Å²) in [6.45, 7) is 0. The predicted octanol–water partition coefficient (Wildman–Crippen LogP) is 13.7. The first kappa shape index (κ1) is 28.8. The second-order valence-electron chi connectivity index (χ2n) is 13.3. The van der Waals surface area contributed by atoms with E-state index in [1.165, 1.54) is 27.4 Å². The van der Waals surface area contributed by atoms with Crippen LogP contribution < -0.4 is 4.90 Å². The van der Waals surface area contributed by atoms with Crippen molar-refractivity contribution in [2.45, 2.75) is 0 Å². The molecule has 52 heavy (non-hydrogen) atoms. The maximum Gasteiger partial charge on any atom is 0.137 e. The molecule has 8 aromatic carbocycles. The van der Waals surface area contributed by atoms with Gasteiger partial charge in [0.2, 0.25) is 0 Å². The second kappa shape index (κ2) is 11.2. The number of furan rings is 2. The van der Waals surface area contributed by atoms with Gasteiger partial charge in [0.25, 0.3) is 0 Å². The molecular formula is C48H30N2O2. The summed E-state index contributed by atoms with van der Waals surface area (Å²) in [5, 5.41) is 6.85. The van der Waals surface area contributed by atoms with Crippen molar-refractivity contribution in [3.8, 4) is 16.8 Å². The van der Waals surface area contributed by atoms with E-state index in [2.05, 4.69) is 167 Å². The lowest BCUT2D eigenvalue weighted by atomic mass is 10.0. The highest BCUT2D eigenvalue weighted by Crippen LogP contribution is 2.45. The molecule has 0 radical (unpaired) electrons. The van der Waals surface area contributed by atoms with Crippen LogP contribution in [0.5, 0.6) is 0 Å². The Morgan fingerprint density at radius 1 is 0.385 bits per heavy atom. The summed E-state index contributed by atoms with van der Waals surface area (Å²) < 4.78 is 15.0. The lowest BCUT2D eigenvalue weighted by Gasteiger charge is -2.26. The zero-order chi connectivity index (χ0) is 34.2. The molecule has 0 amide bonds. The molecule has 0 bridgehead atoms. The summed E-state index contributed by atoms with van der Waals surface area (Å²) >= 11 is 0. The van der Waals surface area contributed by atoms with E-state index in [0.29, 0.717) is 0 Å². The quantitative estimate of drug-likeness (QED) is 0.183. The van der Waals surface area contributed by atoms with Gasteiger partial charge in [-0.3, -0.25) is 0 Å². The molecule has 0 saturated carbocycles. The van der Waals surface area contributed by atoms with Crippen LogP contribution in [0.1, 0.15) is 0 Å². The molecule has 4 nitrogen and oxygen atoms in total. The third kappa shape index (κ3) is 4.28. The van der Waals surface area contributed by atoms with E-state index in [1.54, 1.807) is 0 Å². The first-order valence-electron chi connectivity index (χ1n) is 17.6. The zero-order valence-corrected chi connectivity index (χ0v) is 28.0. The molecule has 0 aliphatic carbocycles. The number of aromatic nitrogens is 1. The molecule has 244 valence electrons. The second-order valence-corrected chi connectivity index (χ2v) is 13.3. The number of nitrogens with zero attached hydrogens (tertiary/aromatic N) is 2. The van der Waals surface area contributed by atoms with Gasteiger partial charge in [-0.05, 0) is 78.4 Å². The average Bonchev–Trinajstić information content (AvgIpc) is 3.88. The summed E-state index contributed by atoms with van der Waals surface area (Å²) in [4.78, 5) is 2.34. The highest BCUT2D eigenvalue weighted by atomic mass is 16.3. The summed E-state index contributed by atoms with van der Waals surface area (Å²) in [7, 11) is 0. The fourth-order valence-electron chi connectivity index (χ4n) is 8.11. The molecule has 4 heteroatoms. The molecule has 0 fully saturated rings. The number of para-hydroxylation sites is 5. The van der Waals surface area contributed by atoms with Crippen LogP contribution in [-0.2, 0) is 0 Å². The molecule has 0 aliphatic heterocycles. The van der Waals surface area contributed by atoms with Gasteiger partial charge in [0.05, 0.1) is 27.8 Å². The van der Waals surface area contributed by atoms with Crippen LogP contribution in [-0.4, -0.2) is 4.57 Å². The van der Waals surface area contributed by atoms with Crippen molar-refractivity contribution in [2.75, 3.05) is 4.90 Å². The number of hydrogen-bond acceptors (Lipinski definition) is 3. The van der Waals surface area contributed by atoms with Crippen LogP contribution in [0.15, 0.2) is 191 Å². The summed E-state index contributed by atoms with van der Waals surface area (Å²) in [6.07, 6.45) is 0. The normalized spacial score (nSPS) is 11.8. The molecule has 3 aromatic heterocycles. The summed E-state index contributed by atoms with van der Waals surface area (Å²) in [6, 6.07) is 64.3. The minimum absolute atomic E-state index is 0.857. The molecular weight excluding hydrogens is 637 g/mol. The largest absolute Gasteiger partial charge is 0.456 e. The van der Waals surface area contributed by atoms with Gasteiger partial charge in [-0.25, -0.2) is 0 Å². The fourth-order valence-corrected chi connectivity index (χ4v) is 8.11. The van der Waals surface area contributed by atoms with Crippen LogP contribution in [0.2, 0.25) is 0 Å². The van der Waals surface area contributed by atoms with E-state index in [9.17, 15) is 0 Å². The van der Waals surface area contributed by atoms with Crippen molar-refractivity contribution in [1.29, 1.82) is 0 Å². The lowest BCUT2D eigenvalue weighted by Crippen LogP contribution is -2.10. The SMILES string of the molecule is c1ccc(-n2c3ccccc3c3ccccc32)c(-c2ccc(N(c3ccc4oc5ccccc5c4c3)c3cccc4oc5ccccc5c34)cc2)c1. The Hall–Kier alpha value is -7.04. The monoisotopic (exact) mass is 666 g/mol. The van der Waals surface area contributed by atoms with E-state index in [0.717, 1.165) is 72.2 Å². The van der Waals surface area contributed by atoms with Crippen LogP contribution in [0.4, 0.5) is 17.1 Å². The van der Waals surface area contributed by atoms with Crippen LogP contribution in [0.25, 0.3) is 82.5 Å². The Bertz CT molecular complexity index is 3090. The van der Waals surface area contributed by atoms with E-state index in [1.807, 2.05) is 24.3 Å². The minimum Gasteiger partial charge on any atom is -0.456 e. The Balaban J connectivity index is 1.11. The number of benzene rings is 8. The highest BCUT2D eigenvalue weighted by molar-refractivity contribution is 6.14. The van der Waals surface area contributed by atoms with Crippen LogP contribution in [0, 0.1) is 0 Å². The van der Waals surface area contributed by atoms with Crippen molar-refractivity contribution in [3.63, 3.8) is 0 Å². The minimum atomic E-state index is 0.857. The van der Waals surface area contributed by atoms with E-state index in [-0.39, 0.29) is 0 Å². The van der Waals surface area contributed by atoms with Gasteiger partial charge in [0, 0.05) is 43.9 Å². The summed E-state index contributed by atoms with van der Waals surface area (Å²) in [5.74, 6) is 0. The third-order valence-electron chi connectivity index (χ3n) is 10.4. The maximum absolute atomic E-state index is 6.37. The zero-order valence-electron chi connectivity index (χ0n) is 28.0. The molecule has 0 spiro atoms. The molecule has 0 saturated heterocycles. The van der Waals surface area contributed by atoms with E-state index >= 15 is 0 Å². The van der Waals surface area contributed by atoms with Gasteiger partial charge in [-0.2, -0.15) is 0 Å². The lowest BCUT2D eigenvalue weighted by molar-refractivity contribution is 0.668. The van der Waals surface area contributed by atoms with Crippen molar-refractivity contribution in [1.82, 2.24) is 4.57 Å². The Kier molecular flexibility index (Phi) is 6.22. The third-order valence-corrected chi connectivity index (χ3v) is 10.4.